The number of hydrogen-bond donors (Lipinski definition) is 1. The van der Waals surface area contributed by atoms with Crippen LogP contribution in [0.2, 0.25) is 0 Å². The van der Waals surface area contributed by atoms with Crippen molar-refractivity contribution in [3.05, 3.63) is 34.9 Å². The van der Waals surface area contributed by atoms with Crippen LogP contribution in [0.5, 0.6) is 0 Å². The van der Waals surface area contributed by atoms with Crippen molar-refractivity contribution in [2.45, 2.75) is 51.0 Å². The minimum Gasteiger partial charge on any atom is -0.349 e. The monoisotopic (exact) mass is 379 g/mol. The Morgan fingerprint density at radius 2 is 1.58 bits per heavy atom. The van der Waals surface area contributed by atoms with Crippen molar-refractivity contribution in [2.75, 3.05) is 0 Å². The van der Waals surface area contributed by atoms with Gasteiger partial charge in [0.1, 0.15) is 0 Å². The van der Waals surface area contributed by atoms with Crippen molar-refractivity contribution in [3.63, 3.8) is 0 Å². The summed E-state index contributed by atoms with van der Waals surface area (Å²) < 4.78 is 77.5. The van der Waals surface area contributed by atoms with Crippen LogP contribution in [-0.2, 0) is 12.4 Å². The number of carbonyl (C=O) groups is 1. The summed E-state index contributed by atoms with van der Waals surface area (Å²) in [5, 5.41) is 2.61. The SMILES string of the molecule is CC(NC(=O)c1cc(C(F)(F)F)cc(C(F)(F)F)c1)C1CC2CCC1C2. The summed E-state index contributed by atoms with van der Waals surface area (Å²) in [5.41, 5.74) is -3.59. The lowest BCUT2D eigenvalue weighted by Gasteiger charge is -2.28. The first-order valence-electron chi connectivity index (χ1n) is 8.55. The molecule has 2 aliphatic rings. The average molecular weight is 379 g/mol. The van der Waals surface area contributed by atoms with Gasteiger partial charge in [-0.25, -0.2) is 0 Å². The van der Waals surface area contributed by atoms with E-state index in [0.29, 0.717) is 24.0 Å². The molecule has 0 spiro atoms. The van der Waals surface area contributed by atoms with E-state index < -0.39 is 35.0 Å². The highest BCUT2D eigenvalue weighted by Gasteiger charge is 2.42. The molecule has 144 valence electrons. The van der Waals surface area contributed by atoms with Crippen molar-refractivity contribution < 1.29 is 31.1 Å². The summed E-state index contributed by atoms with van der Waals surface area (Å²) >= 11 is 0. The van der Waals surface area contributed by atoms with Crippen LogP contribution in [0.25, 0.3) is 0 Å². The first kappa shape index (κ1) is 19.0. The molecule has 2 bridgehead atoms. The average Bonchev–Trinajstić information content (AvgIpc) is 3.15. The predicted molar refractivity (Wildman–Crippen MR) is 82.3 cm³/mol. The summed E-state index contributed by atoms with van der Waals surface area (Å²) in [4.78, 5) is 12.3. The molecule has 0 radical (unpaired) electrons. The fourth-order valence-electron chi connectivity index (χ4n) is 4.39. The predicted octanol–water partition coefficient (Wildman–Crippen LogP) is 5.28. The van der Waals surface area contributed by atoms with Crippen molar-refractivity contribution in [2.24, 2.45) is 17.8 Å². The van der Waals surface area contributed by atoms with Gasteiger partial charge in [0, 0.05) is 11.6 Å². The number of nitrogens with one attached hydrogen (secondary N) is 1. The van der Waals surface area contributed by atoms with E-state index in [9.17, 15) is 31.1 Å². The zero-order chi connectivity index (χ0) is 19.3. The van der Waals surface area contributed by atoms with Crippen molar-refractivity contribution in [1.82, 2.24) is 5.32 Å². The molecule has 2 fully saturated rings. The van der Waals surface area contributed by atoms with Crippen molar-refractivity contribution >= 4 is 5.91 Å². The molecule has 2 nitrogen and oxygen atoms in total. The molecule has 2 saturated carbocycles. The molecule has 3 rings (SSSR count). The van der Waals surface area contributed by atoms with Gasteiger partial charge < -0.3 is 5.32 Å². The van der Waals surface area contributed by atoms with Gasteiger partial charge in [0.2, 0.25) is 0 Å². The highest BCUT2D eigenvalue weighted by molar-refractivity contribution is 5.94. The zero-order valence-electron chi connectivity index (χ0n) is 14.0. The lowest BCUT2D eigenvalue weighted by Crippen LogP contribution is -2.40. The maximum atomic E-state index is 12.9. The van der Waals surface area contributed by atoms with Crippen LogP contribution in [-0.4, -0.2) is 11.9 Å². The molecule has 1 amide bonds. The quantitative estimate of drug-likeness (QED) is 0.712. The highest BCUT2D eigenvalue weighted by Crippen LogP contribution is 2.49. The number of halogens is 6. The second-order valence-electron chi connectivity index (χ2n) is 7.40. The normalized spacial score (nSPS) is 26.8. The van der Waals surface area contributed by atoms with Crippen LogP contribution >= 0.6 is 0 Å². The number of amides is 1. The molecule has 4 unspecified atom stereocenters. The number of alkyl halides is 6. The number of fused-ring (bicyclic) bond motifs is 2. The third-order valence-electron chi connectivity index (χ3n) is 5.64. The van der Waals surface area contributed by atoms with Gasteiger partial charge in [-0.1, -0.05) is 6.42 Å². The lowest BCUT2D eigenvalue weighted by molar-refractivity contribution is -0.143. The van der Waals surface area contributed by atoms with E-state index in [1.54, 1.807) is 6.92 Å². The molecule has 0 heterocycles. The lowest BCUT2D eigenvalue weighted by atomic mass is 9.84. The maximum Gasteiger partial charge on any atom is 0.416 e. The summed E-state index contributed by atoms with van der Waals surface area (Å²) in [7, 11) is 0. The number of hydrogen-bond acceptors (Lipinski definition) is 1. The second kappa shape index (κ2) is 6.46. The van der Waals surface area contributed by atoms with E-state index in [1.165, 1.54) is 0 Å². The van der Waals surface area contributed by atoms with E-state index in [2.05, 4.69) is 5.32 Å². The Balaban J connectivity index is 1.82. The molecule has 0 saturated heterocycles. The van der Waals surface area contributed by atoms with E-state index in [-0.39, 0.29) is 18.0 Å². The minimum atomic E-state index is -4.97. The molecule has 1 aromatic carbocycles. The fourth-order valence-corrected chi connectivity index (χ4v) is 4.39. The van der Waals surface area contributed by atoms with Gasteiger partial charge in [-0.3, -0.25) is 4.79 Å². The Labute approximate surface area is 147 Å². The summed E-state index contributed by atoms with van der Waals surface area (Å²) in [5.74, 6) is 0.416. The Morgan fingerprint density at radius 3 is 2.00 bits per heavy atom. The Hall–Kier alpha value is -1.73. The second-order valence-corrected chi connectivity index (χ2v) is 7.40. The summed E-state index contributed by atoms with van der Waals surface area (Å²) in [6, 6.07) is 0.674. The molecular weight excluding hydrogens is 360 g/mol. The van der Waals surface area contributed by atoms with Gasteiger partial charge in [0.25, 0.3) is 5.91 Å². The standard InChI is InChI=1S/C18H19F6NO/c1-9(15-5-10-2-3-11(15)4-10)25-16(26)12-6-13(17(19,20)21)8-14(7-12)18(22,23)24/h6-11,15H,2-5H2,1H3,(H,25,26). The molecule has 8 heteroatoms. The first-order chi connectivity index (χ1) is 11.9. The third-order valence-corrected chi connectivity index (χ3v) is 5.64. The van der Waals surface area contributed by atoms with Gasteiger partial charge >= 0.3 is 12.4 Å². The van der Waals surface area contributed by atoms with Gasteiger partial charge in [0.15, 0.2) is 0 Å². The summed E-state index contributed by atoms with van der Waals surface area (Å²) in [6.45, 7) is 1.77. The smallest absolute Gasteiger partial charge is 0.349 e. The minimum absolute atomic E-state index is 0.0239. The molecule has 4 atom stereocenters. The zero-order valence-corrected chi connectivity index (χ0v) is 14.0. The number of carbonyl (C=O) groups excluding carboxylic acids is 1. The van der Waals surface area contributed by atoms with Gasteiger partial charge in [-0.15, -0.1) is 0 Å². The van der Waals surface area contributed by atoms with Gasteiger partial charge in [0.05, 0.1) is 11.1 Å². The van der Waals surface area contributed by atoms with E-state index in [4.69, 9.17) is 0 Å². The molecule has 1 N–H and O–H groups in total. The van der Waals surface area contributed by atoms with Gasteiger partial charge in [-0.2, -0.15) is 26.3 Å². The summed E-state index contributed by atoms with van der Waals surface area (Å²) in [6.07, 6.45) is -5.67. The maximum absolute atomic E-state index is 12.9. The Morgan fingerprint density at radius 1 is 1.00 bits per heavy atom. The Kier molecular flexibility index (Phi) is 4.73. The molecule has 0 aromatic heterocycles. The van der Waals surface area contributed by atoms with Crippen LogP contribution in [0.3, 0.4) is 0 Å². The molecule has 2 aliphatic carbocycles. The third kappa shape index (κ3) is 3.83. The fraction of sp³-hybridized carbons (Fsp3) is 0.611. The van der Waals surface area contributed by atoms with Crippen LogP contribution in [0.15, 0.2) is 18.2 Å². The van der Waals surface area contributed by atoms with Crippen LogP contribution in [0, 0.1) is 17.8 Å². The highest BCUT2D eigenvalue weighted by atomic mass is 19.4. The van der Waals surface area contributed by atoms with E-state index in [0.717, 1.165) is 25.7 Å². The van der Waals surface area contributed by atoms with Crippen LogP contribution in [0.1, 0.15) is 54.1 Å². The van der Waals surface area contributed by atoms with Crippen molar-refractivity contribution in [1.29, 1.82) is 0 Å². The molecule has 26 heavy (non-hydrogen) atoms. The number of benzene rings is 1. The Bertz CT molecular complexity index is 664. The molecular formula is C18H19F6NO. The number of rotatable bonds is 3. The van der Waals surface area contributed by atoms with Crippen LogP contribution < -0.4 is 5.32 Å². The van der Waals surface area contributed by atoms with Crippen LogP contribution in [0.4, 0.5) is 26.3 Å². The van der Waals surface area contributed by atoms with E-state index >= 15 is 0 Å². The topological polar surface area (TPSA) is 29.1 Å². The largest absolute Gasteiger partial charge is 0.416 e. The first-order valence-corrected chi connectivity index (χ1v) is 8.55. The molecule has 0 aliphatic heterocycles. The van der Waals surface area contributed by atoms with Crippen molar-refractivity contribution in [3.8, 4) is 0 Å². The van der Waals surface area contributed by atoms with E-state index in [1.807, 2.05) is 0 Å². The van der Waals surface area contributed by atoms with Gasteiger partial charge in [-0.05, 0) is 62.1 Å². The molecule has 1 aromatic rings.